The summed E-state index contributed by atoms with van der Waals surface area (Å²) in [5.41, 5.74) is 1.77. The van der Waals surface area contributed by atoms with E-state index < -0.39 is 11.7 Å². The molecule has 7 nitrogen and oxygen atoms in total. The van der Waals surface area contributed by atoms with E-state index in [0.717, 1.165) is 60.3 Å². The van der Waals surface area contributed by atoms with Crippen LogP contribution < -0.4 is 9.47 Å². The molecule has 0 spiro atoms. The fraction of sp³-hybridized carbons (Fsp3) is 0.436. The molecule has 1 N–H and O–H groups in total. The van der Waals surface area contributed by atoms with Crippen LogP contribution in [-0.2, 0) is 19.9 Å². The number of methoxy groups -OCH3 is 2. The van der Waals surface area contributed by atoms with Crippen LogP contribution in [0.1, 0.15) is 80.9 Å². The molecule has 244 valence electrons. The minimum Gasteiger partial charge on any atom is -0.497 e. The monoisotopic (exact) mass is 625 g/mol. The molecule has 1 saturated heterocycles. The van der Waals surface area contributed by atoms with E-state index in [1.807, 2.05) is 78.9 Å². The number of ketones is 1. The van der Waals surface area contributed by atoms with Crippen molar-refractivity contribution in [1.82, 2.24) is 4.90 Å². The number of amides is 1. The summed E-state index contributed by atoms with van der Waals surface area (Å²) < 4.78 is 17.9. The first-order valence-corrected chi connectivity index (χ1v) is 16.3. The first-order valence-electron chi connectivity index (χ1n) is 16.3. The Morgan fingerprint density at radius 1 is 0.804 bits per heavy atom. The van der Waals surface area contributed by atoms with Crippen LogP contribution in [0, 0.1) is 12.3 Å². The van der Waals surface area contributed by atoms with Crippen molar-refractivity contribution in [2.24, 2.45) is 0 Å². The molecule has 3 aromatic carbocycles. The average Bonchev–Trinajstić information content (AvgIpc) is 3.48. The minimum absolute atomic E-state index is 0.0229. The van der Waals surface area contributed by atoms with Gasteiger partial charge in [-0.2, -0.15) is 0 Å². The Morgan fingerprint density at radius 2 is 1.35 bits per heavy atom. The van der Waals surface area contributed by atoms with Crippen molar-refractivity contribution in [3.8, 4) is 23.8 Å². The van der Waals surface area contributed by atoms with E-state index in [0.29, 0.717) is 38.6 Å². The normalized spacial score (nSPS) is 16.2. The predicted molar refractivity (Wildman–Crippen MR) is 180 cm³/mol. The second-order valence-corrected chi connectivity index (χ2v) is 11.9. The number of carbonyl (C=O) groups is 2. The van der Waals surface area contributed by atoms with Crippen LogP contribution in [0.15, 0.2) is 78.9 Å². The van der Waals surface area contributed by atoms with Crippen LogP contribution in [0.25, 0.3) is 0 Å². The van der Waals surface area contributed by atoms with Gasteiger partial charge in [0.15, 0.2) is 0 Å². The van der Waals surface area contributed by atoms with Gasteiger partial charge in [-0.15, -0.1) is 12.3 Å². The Hall–Kier alpha value is -4.12. The second kappa shape index (κ2) is 17.5. The standard InChI is InChI=1S/C39H47NO6/c1-4-5-9-16-34(41)17-12-6-7-13-18-38(43)40-28-35(42)27-33(40)29-46-39(30-14-10-8-11-15-30,31-19-23-36(44-2)24-20-31)32-21-25-37(45-3)26-22-32/h1,8,10-11,14-15,19-26,33,35,42H,5-7,9,12-13,16-18,27-29H2,2-3H3/t33-,35+/m0/s1. The number of terminal acetylenes is 1. The summed E-state index contributed by atoms with van der Waals surface area (Å²) in [7, 11) is 3.28. The summed E-state index contributed by atoms with van der Waals surface area (Å²) in [4.78, 5) is 27.2. The van der Waals surface area contributed by atoms with Crippen molar-refractivity contribution in [3.05, 3.63) is 95.6 Å². The van der Waals surface area contributed by atoms with Gasteiger partial charge in [0, 0.05) is 32.2 Å². The first-order chi connectivity index (χ1) is 22.4. The van der Waals surface area contributed by atoms with E-state index in [-0.39, 0.29) is 24.3 Å². The SMILES string of the molecule is C#CCCCC(=O)CCCCCCC(=O)N1C[C@H](O)C[C@H]1COC(c1ccccc1)(c1ccc(OC)cc1)c1ccc(OC)cc1. The molecule has 0 saturated carbocycles. The third-order valence-corrected chi connectivity index (χ3v) is 8.75. The van der Waals surface area contributed by atoms with Crippen LogP contribution in [-0.4, -0.2) is 61.2 Å². The number of unbranched alkanes of at least 4 members (excludes halogenated alkanes) is 4. The van der Waals surface area contributed by atoms with Crippen LogP contribution in [0.2, 0.25) is 0 Å². The molecule has 1 heterocycles. The van der Waals surface area contributed by atoms with Gasteiger partial charge in [0.2, 0.25) is 5.91 Å². The summed E-state index contributed by atoms with van der Waals surface area (Å²) in [5.74, 6) is 4.33. The van der Waals surface area contributed by atoms with Crippen molar-refractivity contribution >= 4 is 11.7 Å². The number of hydrogen-bond donors (Lipinski definition) is 1. The van der Waals surface area contributed by atoms with Crippen molar-refractivity contribution in [2.45, 2.75) is 82.0 Å². The second-order valence-electron chi connectivity index (χ2n) is 11.9. The Kier molecular flexibility index (Phi) is 13.3. The van der Waals surface area contributed by atoms with E-state index in [1.54, 1.807) is 19.1 Å². The quantitative estimate of drug-likeness (QED) is 0.0964. The van der Waals surface area contributed by atoms with Gasteiger partial charge in [-0.05, 0) is 66.6 Å². The smallest absolute Gasteiger partial charge is 0.222 e. The molecule has 0 radical (unpaired) electrons. The summed E-state index contributed by atoms with van der Waals surface area (Å²) in [5, 5.41) is 10.7. The molecular weight excluding hydrogens is 578 g/mol. The highest BCUT2D eigenvalue weighted by Gasteiger charge is 2.41. The number of Topliss-reactive ketones (excluding diaryl/α,β-unsaturated/α-hetero) is 1. The largest absolute Gasteiger partial charge is 0.497 e. The van der Waals surface area contributed by atoms with Crippen LogP contribution in [0.4, 0.5) is 0 Å². The Bertz CT molecular complexity index is 1370. The maximum absolute atomic E-state index is 13.4. The zero-order valence-electron chi connectivity index (χ0n) is 27.2. The molecule has 1 aliphatic rings. The summed E-state index contributed by atoms with van der Waals surface area (Å²) in [6, 6.07) is 25.5. The highest BCUT2D eigenvalue weighted by Crippen LogP contribution is 2.42. The van der Waals surface area contributed by atoms with Gasteiger partial charge < -0.3 is 24.2 Å². The van der Waals surface area contributed by atoms with Gasteiger partial charge in [-0.25, -0.2) is 0 Å². The molecule has 3 aromatic rings. The lowest BCUT2D eigenvalue weighted by atomic mass is 9.80. The van der Waals surface area contributed by atoms with E-state index >= 15 is 0 Å². The molecule has 0 bridgehead atoms. The lowest BCUT2D eigenvalue weighted by Gasteiger charge is -2.38. The lowest BCUT2D eigenvalue weighted by molar-refractivity contribution is -0.134. The first kappa shape index (κ1) is 34.7. The molecule has 1 amide bonds. The third kappa shape index (κ3) is 8.99. The minimum atomic E-state index is -1.000. The van der Waals surface area contributed by atoms with E-state index in [4.69, 9.17) is 20.6 Å². The lowest BCUT2D eigenvalue weighted by Crippen LogP contribution is -2.42. The van der Waals surface area contributed by atoms with Gasteiger partial charge >= 0.3 is 0 Å². The molecule has 2 atom stereocenters. The molecule has 4 rings (SSSR count). The number of β-amino-alcohol motifs (C(OH)–C–C–N with tert-alkyl or cyclic N) is 1. The molecule has 0 aromatic heterocycles. The van der Waals surface area contributed by atoms with Gasteiger partial charge in [-0.1, -0.05) is 67.4 Å². The number of nitrogens with zero attached hydrogens (tertiary/aromatic N) is 1. The van der Waals surface area contributed by atoms with Gasteiger partial charge in [0.1, 0.15) is 22.9 Å². The number of hydrogen-bond acceptors (Lipinski definition) is 6. The zero-order valence-corrected chi connectivity index (χ0v) is 27.2. The van der Waals surface area contributed by atoms with E-state index in [2.05, 4.69) is 5.92 Å². The van der Waals surface area contributed by atoms with Crippen molar-refractivity contribution in [2.75, 3.05) is 27.4 Å². The number of ether oxygens (including phenoxy) is 3. The third-order valence-electron chi connectivity index (χ3n) is 8.75. The van der Waals surface area contributed by atoms with Crippen LogP contribution >= 0.6 is 0 Å². The Morgan fingerprint density at radius 3 is 1.91 bits per heavy atom. The number of likely N-dealkylation sites (tertiary alicyclic amines) is 1. The topological polar surface area (TPSA) is 85.3 Å². The molecule has 0 aliphatic carbocycles. The maximum Gasteiger partial charge on any atom is 0.222 e. The van der Waals surface area contributed by atoms with Gasteiger partial charge in [0.25, 0.3) is 0 Å². The average molecular weight is 626 g/mol. The fourth-order valence-corrected chi connectivity index (χ4v) is 6.26. The summed E-state index contributed by atoms with van der Waals surface area (Å²) >= 11 is 0. The highest BCUT2D eigenvalue weighted by atomic mass is 16.5. The molecule has 1 fully saturated rings. The van der Waals surface area contributed by atoms with Crippen LogP contribution in [0.3, 0.4) is 0 Å². The van der Waals surface area contributed by atoms with Crippen LogP contribution in [0.5, 0.6) is 11.5 Å². The van der Waals surface area contributed by atoms with Gasteiger partial charge in [0.05, 0.1) is 33.0 Å². The molecule has 0 unspecified atom stereocenters. The summed E-state index contributed by atoms with van der Waals surface area (Å²) in [6.07, 6.45) is 11.4. The Labute approximate surface area is 273 Å². The number of carbonyl (C=O) groups excluding carboxylic acids is 2. The van der Waals surface area contributed by atoms with Crippen molar-refractivity contribution in [1.29, 1.82) is 0 Å². The maximum atomic E-state index is 13.4. The number of rotatable bonds is 18. The van der Waals surface area contributed by atoms with Gasteiger partial charge in [-0.3, -0.25) is 9.59 Å². The molecule has 1 aliphatic heterocycles. The summed E-state index contributed by atoms with van der Waals surface area (Å²) in [6.45, 7) is 0.528. The molecular formula is C39H47NO6. The highest BCUT2D eigenvalue weighted by molar-refractivity contribution is 5.78. The van der Waals surface area contributed by atoms with E-state index in [1.165, 1.54) is 0 Å². The number of benzene rings is 3. The van der Waals surface area contributed by atoms with Crippen molar-refractivity contribution in [3.63, 3.8) is 0 Å². The fourth-order valence-electron chi connectivity index (χ4n) is 6.26. The molecule has 7 heteroatoms. The predicted octanol–water partition coefficient (Wildman–Crippen LogP) is 6.69. The van der Waals surface area contributed by atoms with Crippen molar-refractivity contribution < 1.29 is 28.9 Å². The Balaban J connectivity index is 1.48. The number of aliphatic hydroxyl groups excluding tert-OH is 1. The molecule has 46 heavy (non-hydrogen) atoms. The number of aliphatic hydroxyl groups is 1. The zero-order chi connectivity index (χ0) is 32.8. The van der Waals surface area contributed by atoms with E-state index in [9.17, 15) is 14.7 Å².